The summed E-state index contributed by atoms with van der Waals surface area (Å²) in [6.45, 7) is 2.66. The Kier molecular flexibility index (Phi) is 5.14. The monoisotopic (exact) mass is 292 g/mol. The molecule has 6 heteroatoms. The van der Waals surface area contributed by atoms with Gasteiger partial charge in [0.1, 0.15) is 5.75 Å². The van der Waals surface area contributed by atoms with Gasteiger partial charge in [-0.05, 0) is 38.3 Å². The molecule has 2 rings (SSSR count). The Morgan fingerprint density at radius 1 is 1.48 bits per heavy atom. The Labute approximate surface area is 123 Å². The van der Waals surface area contributed by atoms with Gasteiger partial charge in [0.15, 0.2) is 5.69 Å². The number of aromatic nitrogens is 1. The zero-order chi connectivity index (χ0) is 15.2. The minimum absolute atomic E-state index is 0.0354. The van der Waals surface area contributed by atoms with Crippen LogP contribution in [0.3, 0.4) is 0 Å². The molecular weight excluding hydrogens is 272 g/mol. The molecule has 0 radical (unpaired) electrons. The summed E-state index contributed by atoms with van der Waals surface area (Å²) in [6, 6.07) is 2.81. The van der Waals surface area contributed by atoms with Crippen LogP contribution in [0.2, 0.25) is 0 Å². The Morgan fingerprint density at radius 3 is 3.00 bits per heavy atom. The molecule has 1 amide bonds. The average molecular weight is 292 g/mol. The zero-order valence-electron chi connectivity index (χ0n) is 12.1. The molecule has 0 unspecified atom stereocenters. The van der Waals surface area contributed by atoms with Crippen molar-refractivity contribution in [1.29, 1.82) is 0 Å². The van der Waals surface area contributed by atoms with Gasteiger partial charge in [-0.3, -0.25) is 9.59 Å². The number of amides is 1. The van der Waals surface area contributed by atoms with E-state index in [0.29, 0.717) is 13.2 Å². The maximum Gasteiger partial charge on any atom is 0.307 e. The number of nitrogens with zero attached hydrogens (tertiary/aromatic N) is 2. The van der Waals surface area contributed by atoms with Gasteiger partial charge in [0, 0.05) is 18.8 Å². The molecule has 1 fully saturated rings. The van der Waals surface area contributed by atoms with E-state index in [0.717, 1.165) is 19.3 Å². The van der Waals surface area contributed by atoms with Gasteiger partial charge < -0.3 is 14.7 Å². The number of pyridine rings is 1. The minimum Gasteiger partial charge on any atom is -0.505 e. The predicted molar refractivity (Wildman–Crippen MR) is 75.8 cm³/mol. The quantitative estimate of drug-likeness (QED) is 0.855. The first-order valence-electron chi connectivity index (χ1n) is 7.24. The van der Waals surface area contributed by atoms with Gasteiger partial charge in [0.2, 0.25) is 0 Å². The van der Waals surface area contributed by atoms with E-state index in [4.69, 9.17) is 4.74 Å². The number of piperidine rings is 1. The molecule has 114 valence electrons. The van der Waals surface area contributed by atoms with Crippen molar-refractivity contribution in [1.82, 2.24) is 9.88 Å². The molecule has 1 atom stereocenters. The molecule has 0 saturated carbocycles. The van der Waals surface area contributed by atoms with Crippen LogP contribution in [0.5, 0.6) is 5.75 Å². The SMILES string of the molecule is CCOC(=O)C[C@H]1CCCCN1C(=O)c1ncccc1O. The first-order chi connectivity index (χ1) is 10.1. The van der Waals surface area contributed by atoms with Gasteiger partial charge in [-0.2, -0.15) is 0 Å². The fourth-order valence-electron chi connectivity index (χ4n) is 2.59. The molecule has 1 aliphatic rings. The molecule has 21 heavy (non-hydrogen) atoms. The number of aromatic hydroxyl groups is 1. The fraction of sp³-hybridized carbons (Fsp3) is 0.533. The van der Waals surface area contributed by atoms with E-state index in [1.165, 1.54) is 12.3 Å². The third-order valence-corrected chi connectivity index (χ3v) is 3.58. The lowest BCUT2D eigenvalue weighted by molar-refractivity contribution is -0.144. The van der Waals surface area contributed by atoms with Gasteiger partial charge in [0.25, 0.3) is 5.91 Å². The van der Waals surface area contributed by atoms with E-state index >= 15 is 0 Å². The first-order valence-corrected chi connectivity index (χ1v) is 7.24. The third-order valence-electron chi connectivity index (χ3n) is 3.58. The second-order valence-electron chi connectivity index (χ2n) is 5.03. The number of carbonyl (C=O) groups is 2. The Bertz CT molecular complexity index is 518. The van der Waals surface area contributed by atoms with Crippen molar-refractivity contribution in [2.45, 2.75) is 38.6 Å². The van der Waals surface area contributed by atoms with Gasteiger partial charge in [-0.25, -0.2) is 4.98 Å². The molecule has 1 saturated heterocycles. The molecule has 1 aromatic rings. The average Bonchev–Trinajstić information content (AvgIpc) is 2.48. The number of likely N-dealkylation sites (tertiary alicyclic amines) is 1. The molecule has 1 N–H and O–H groups in total. The summed E-state index contributed by atoms with van der Waals surface area (Å²) in [5.41, 5.74) is 0.0354. The van der Waals surface area contributed by atoms with E-state index in [9.17, 15) is 14.7 Å². The van der Waals surface area contributed by atoms with Crippen molar-refractivity contribution in [3.8, 4) is 5.75 Å². The van der Waals surface area contributed by atoms with Crippen molar-refractivity contribution in [2.75, 3.05) is 13.2 Å². The number of ether oxygens (including phenoxy) is 1. The van der Waals surface area contributed by atoms with Crippen LogP contribution in [0.25, 0.3) is 0 Å². The van der Waals surface area contributed by atoms with Crippen LogP contribution in [0.1, 0.15) is 43.1 Å². The summed E-state index contributed by atoms with van der Waals surface area (Å²) in [7, 11) is 0. The summed E-state index contributed by atoms with van der Waals surface area (Å²) in [5.74, 6) is -0.766. The van der Waals surface area contributed by atoms with Crippen LogP contribution in [0.15, 0.2) is 18.3 Å². The first kappa shape index (κ1) is 15.3. The second-order valence-corrected chi connectivity index (χ2v) is 5.03. The lowest BCUT2D eigenvalue weighted by atomic mass is 9.98. The van der Waals surface area contributed by atoms with E-state index in [1.807, 2.05) is 0 Å². The smallest absolute Gasteiger partial charge is 0.307 e. The van der Waals surface area contributed by atoms with Gasteiger partial charge in [0.05, 0.1) is 13.0 Å². The Balaban J connectivity index is 2.13. The van der Waals surface area contributed by atoms with Gasteiger partial charge >= 0.3 is 5.97 Å². The number of esters is 1. The van der Waals surface area contributed by atoms with E-state index in [1.54, 1.807) is 17.9 Å². The van der Waals surface area contributed by atoms with Crippen molar-refractivity contribution < 1.29 is 19.4 Å². The van der Waals surface area contributed by atoms with Crippen LogP contribution in [0, 0.1) is 0 Å². The highest BCUT2D eigenvalue weighted by Gasteiger charge is 2.31. The van der Waals surface area contributed by atoms with Crippen molar-refractivity contribution in [3.63, 3.8) is 0 Å². The molecule has 0 aromatic carbocycles. The number of rotatable bonds is 4. The maximum absolute atomic E-state index is 12.5. The second kappa shape index (κ2) is 7.06. The minimum atomic E-state index is -0.331. The molecular formula is C15H20N2O4. The molecule has 0 aliphatic carbocycles. The number of hydrogen-bond donors (Lipinski definition) is 1. The van der Waals surface area contributed by atoms with Crippen LogP contribution >= 0.6 is 0 Å². The molecule has 1 aromatic heterocycles. The number of carbonyl (C=O) groups excluding carboxylic acids is 2. The lowest BCUT2D eigenvalue weighted by Gasteiger charge is -2.35. The molecule has 1 aliphatic heterocycles. The standard InChI is InChI=1S/C15H20N2O4/c1-2-21-13(19)10-11-6-3-4-9-17(11)15(20)14-12(18)7-5-8-16-14/h5,7-8,11,18H,2-4,6,9-10H2,1H3/t11-/m1/s1. The summed E-state index contributed by atoms with van der Waals surface area (Å²) in [4.78, 5) is 29.8. The predicted octanol–water partition coefficient (Wildman–Crippen LogP) is 1.74. The summed E-state index contributed by atoms with van der Waals surface area (Å²) in [6.07, 6.45) is 4.28. The van der Waals surface area contributed by atoms with Crippen LogP contribution < -0.4 is 0 Å². The van der Waals surface area contributed by atoms with E-state index < -0.39 is 0 Å². The van der Waals surface area contributed by atoms with Crippen molar-refractivity contribution in [2.24, 2.45) is 0 Å². The van der Waals surface area contributed by atoms with Crippen molar-refractivity contribution >= 4 is 11.9 Å². The largest absolute Gasteiger partial charge is 0.505 e. The molecule has 0 spiro atoms. The molecule has 2 heterocycles. The fourth-order valence-corrected chi connectivity index (χ4v) is 2.59. The topological polar surface area (TPSA) is 79.7 Å². The summed E-state index contributed by atoms with van der Waals surface area (Å²) >= 11 is 0. The summed E-state index contributed by atoms with van der Waals surface area (Å²) < 4.78 is 4.96. The Morgan fingerprint density at radius 2 is 2.29 bits per heavy atom. The van der Waals surface area contributed by atoms with E-state index in [-0.39, 0.29) is 35.8 Å². The van der Waals surface area contributed by atoms with E-state index in [2.05, 4.69) is 4.98 Å². The Hall–Kier alpha value is -2.11. The molecule has 0 bridgehead atoms. The maximum atomic E-state index is 12.5. The molecule has 6 nitrogen and oxygen atoms in total. The van der Waals surface area contributed by atoms with Crippen LogP contribution in [-0.2, 0) is 9.53 Å². The van der Waals surface area contributed by atoms with Crippen LogP contribution in [-0.4, -0.2) is 46.1 Å². The van der Waals surface area contributed by atoms with Crippen molar-refractivity contribution in [3.05, 3.63) is 24.0 Å². The number of hydrogen-bond acceptors (Lipinski definition) is 5. The summed E-state index contributed by atoms with van der Waals surface area (Å²) in [5, 5.41) is 9.76. The van der Waals surface area contributed by atoms with Gasteiger partial charge in [-0.1, -0.05) is 0 Å². The third kappa shape index (κ3) is 3.71. The highest BCUT2D eigenvalue weighted by atomic mass is 16.5. The highest BCUT2D eigenvalue weighted by molar-refractivity contribution is 5.95. The van der Waals surface area contributed by atoms with Crippen LogP contribution in [0.4, 0.5) is 0 Å². The lowest BCUT2D eigenvalue weighted by Crippen LogP contribution is -2.45. The zero-order valence-corrected chi connectivity index (χ0v) is 12.1. The highest BCUT2D eigenvalue weighted by Crippen LogP contribution is 2.24. The normalized spacial score (nSPS) is 18.3. The van der Waals surface area contributed by atoms with Gasteiger partial charge in [-0.15, -0.1) is 0 Å².